The molecular weight excluding hydrogens is 516 g/mol. The van der Waals surface area contributed by atoms with E-state index < -0.39 is 41.6 Å². The summed E-state index contributed by atoms with van der Waals surface area (Å²) in [6.45, 7) is 3.76. The van der Waals surface area contributed by atoms with Gasteiger partial charge in [0, 0.05) is 26.1 Å². The lowest BCUT2D eigenvalue weighted by Gasteiger charge is -2.36. The lowest BCUT2D eigenvalue weighted by molar-refractivity contribution is -0.192. The number of likely N-dealkylation sites (tertiary alicyclic amines) is 1. The van der Waals surface area contributed by atoms with E-state index in [9.17, 15) is 41.2 Å². The van der Waals surface area contributed by atoms with Gasteiger partial charge in [-0.25, -0.2) is 4.79 Å². The first-order valence-electron chi connectivity index (χ1n) is 10.9. The van der Waals surface area contributed by atoms with Crippen molar-refractivity contribution in [3.63, 3.8) is 0 Å². The van der Waals surface area contributed by atoms with Crippen LogP contribution in [0.25, 0.3) is 0 Å². The maximum Gasteiger partial charge on any atom is 0.490 e. The highest BCUT2D eigenvalue weighted by Gasteiger charge is 2.43. The maximum absolute atomic E-state index is 13.0. The van der Waals surface area contributed by atoms with Gasteiger partial charge in [-0.1, -0.05) is 13.8 Å². The predicted molar refractivity (Wildman–Crippen MR) is 111 cm³/mol. The second kappa shape index (κ2) is 10.9. The zero-order valence-electron chi connectivity index (χ0n) is 19.8. The van der Waals surface area contributed by atoms with Gasteiger partial charge in [0.1, 0.15) is 6.04 Å². The standard InChI is InChI=1S/C18H24F3N7O2.C2HF3O2/c1-17(2,14(23)15(30)27-5-3-4-11(27)9-22)8-13(29)26-6-7-28-12(10-26)24-25-16(28)18(19,20)21;3-2(4,5)1(6)7/h11,14H,3-8,10,23H2,1-2H3;(H,6,7)/t11-,14+;/m0./s1. The predicted octanol–water partition coefficient (Wildman–Crippen LogP) is 1.53. The van der Waals surface area contributed by atoms with Crippen molar-refractivity contribution in [3.8, 4) is 6.07 Å². The van der Waals surface area contributed by atoms with Crippen LogP contribution < -0.4 is 5.73 Å². The van der Waals surface area contributed by atoms with Crippen LogP contribution in [-0.4, -0.2) is 78.8 Å². The Hall–Kier alpha value is -3.42. The van der Waals surface area contributed by atoms with E-state index in [1.54, 1.807) is 13.8 Å². The first-order valence-corrected chi connectivity index (χ1v) is 10.9. The number of nitrogens with two attached hydrogens (primary N) is 1. The molecule has 3 heterocycles. The van der Waals surface area contributed by atoms with Gasteiger partial charge in [-0.2, -0.15) is 31.6 Å². The van der Waals surface area contributed by atoms with Crippen LogP contribution in [0.5, 0.6) is 0 Å². The Morgan fingerprint density at radius 2 is 1.73 bits per heavy atom. The number of carboxylic acid groups (broad SMARTS) is 1. The maximum atomic E-state index is 13.0. The molecule has 2 aliphatic rings. The fraction of sp³-hybridized carbons (Fsp3) is 0.700. The molecule has 0 aromatic carbocycles. The van der Waals surface area contributed by atoms with Crippen molar-refractivity contribution in [2.45, 2.75) is 70.6 Å². The summed E-state index contributed by atoms with van der Waals surface area (Å²) in [6.07, 6.45) is -8.43. The van der Waals surface area contributed by atoms with Gasteiger partial charge in [0.15, 0.2) is 5.82 Å². The topological polar surface area (TPSA) is 158 Å². The van der Waals surface area contributed by atoms with Gasteiger partial charge in [-0.15, -0.1) is 10.2 Å². The molecule has 1 aromatic heterocycles. The molecule has 17 heteroatoms. The van der Waals surface area contributed by atoms with E-state index >= 15 is 0 Å². The Kier molecular flexibility index (Phi) is 8.79. The summed E-state index contributed by atoms with van der Waals surface area (Å²) in [4.78, 5) is 37.3. The number of aliphatic carboxylic acids is 1. The van der Waals surface area contributed by atoms with Gasteiger partial charge < -0.3 is 25.2 Å². The summed E-state index contributed by atoms with van der Waals surface area (Å²) in [5.74, 6) is -4.47. The van der Waals surface area contributed by atoms with Gasteiger partial charge in [-0.3, -0.25) is 9.59 Å². The normalized spacial score (nSPS) is 18.9. The molecule has 37 heavy (non-hydrogen) atoms. The quantitative estimate of drug-likeness (QED) is 0.543. The molecule has 0 unspecified atom stereocenters. The van der Waals surface area contributed by atoms with Gasteiger partial charge in [0.25, 0.3) is 0 Å². The van der Waals surface area contributed by atoms with Gasteiger partial charge in [0.2, 0.25) is 17.6 Å². The molecule has 1 aromatic rings. The second-order valence-electron chi connectivity index (χ2n) is 9.17. The van der Waals surface area contributed by atoms with Crippen molar-refractivity contribution < 1.29 is 45.8 Å². The van der Waals surface area contributed by atoms with Crippen LogP contribution in [-0.2, 0) is 33.6 Å². The van der Waals surface area contributed by atoms with E-state index in [0.717, 1.165) is 11.0 Å². The molecule has 3 N–H and O–H groups in total. The molecule has 0 bridgehead atoms. The van der Waals surface area contributed by atoms with E-state index in [0.29, 0.717) is 13.0 Å². The van der Waals surface area contributed by atoms with Gasteiger partial charge in [0.05, 0.1) is 18.7 Å². The minimum absolute atomic E-state index is 0.0635. The lowest BCUT2D eigenvalue weighted by atomic mass is 9.80. The summed E-state index contributed by atoms with van der Waals surface area (Å²) in [5, 5.41) is 23.1. The zero-order valence-corrected chi connectivity index (χ0v) is 19.8. The van der Waals surface area contributed by atoms with Crippen LogP contribution in [0.4, 0.5) is 26.3 Å². The zero-order chi connectivity index (χ0) is 28.3. The Bertz CT molecular complexity index is 1060. The van der Waals surface area contributed by atoms with E-state index in [-0.39, 0.29) is 43.7 Å². The molecule has 0 spiro atoms. The van der Waals surface area contributed by atoms with E-state index in [1.165, 1.54) is 9.80 Å². The highest BCUT2D eigenvalue weighted by Crippen LogP contribution is 2.31. The number of alkyl halides is 6. The Morgan fingerprint density at radius 1 is 1.14 bits per heavy atom. The molecule has 0 radical (unpaired) electrons. The van der Waals surface area contributed by atoms with Crippen LogP contribution in [0.2, 0.25) is 0 Å². The summed E-state index contributed by atoms with van der Waals surface area (Å²) in [5.41, 5.74) is 5.27. The number of nitriles is 1. The molecule has 206 valence electrons. The SMILES string of the molecule is CC(C)(CC(=O)N1CCn2c(nnc2C(F)(F)F)C1)[C@H](N)C(=O)N1CCC[C@H]1C#N.O=C(O)C(F)(F)F. The largest absolute Gasteiger partial charge is 0.490 e. The highest BCUT2D eigenvalue weighted by molar-refractivity contribution is 5.85. The summed E-state index contributed by atoms with van der Waals surface area (Å²) >= 11 is 0. The number of carboxylic acids is 1. The van der Waals surface area contributed by atoms with Gasteiger partial charge >= 0.3 is 18.3 Å². The number of carbonyl (C=O) groups excluding carboxylic acids is 2. The summed E-state index contributed by atoms with van der Waals surface area (Å²) < 4.78 is 71.6. The molecular formula is C20H25F6N7O4. The first kappa shape index (κ1) is 29.8. The number of amides is 2. The number of halogens is 6. The van der Waals surface area contributed by atoms with Crippen LogP contribution in [0.15, 0.2) is 0 Å². The second-order valence-corrected chi connectivity index (χ2v) is 9.17. The number of nitrogens with zero attached hydrogens (tertiary/aromatic N) is 6. The van der Waals surface area contributed by atoms with E-state index in [2.05, 4.69) is 16.3 Å². The summed E-state index contributed by atoms with van der Waals surface area (Å²) in [7, 11) is 0. The Balaban J connectivity index is 0.000000604. The van der Waals surface area contributed by atoms with Crippen molar-refractivity contribution in [2.75, 3.05) is 13.1 Å². The third-order valence-corrected chi connectivity index (χ3v) is 6.00. The molecule has 3 rings (SSSR count). The molecule has 0 aliphatic carbocycles. The fourth-order valence-electron chi connectivity index (χ4n) is 3.87. The minimum atomic E-state index is -5.08. The van der Waals surface area contributed by atoms with Crippen LogP contribution in [0, 0.1) is 16.7 Å². The number of aromatic nitrogens is 3. The number of hydrogen-bond acceptors (Lipinski definition) is 7. The smallest absolute Gasteiger partial charge is 0.475 e. The highest BCUT2D eigenvalue weighted by atomic mass is 19.4. The number of hydrogen-bond donors (Lipinski definition) is 2. The lowest BCUT2D eigenvalue weighted by Crippen LogP contribution is -2.54. The first-order chi connectivity index (χ1) is 16.9. The van der Waals surface area contributed by atoms with E-state index in [4.69, 9.17) is 15.6 Å². The molecule has 11 nitrogen and oxygen atoms in total. The number of rotatable bonds is 4. The molecule has 1 fully saturated rings. The van der Waals surface area contributed by atoms with Crippen molar-refractivity contribution in [1.82, 2.24) is 24.6 Å². The van der Waals surface area contributed by atoms with Crippen LogP contribution >= 0.6 is 0 Å². The van der Waals surface area contributed by atoms with Crippen LogP contribution in [0.3, 0.4) is 0 Å². The van der Waals surface area contributed by atoms with Gasteiger partial charge in [-0.05, 0) is 18.3 Å². The van der Waals surface area contributed by atoms with Crippen molar-refractivity contribution in [2.24, 2.45) is 11.1 Å². The third kappa shape index (κ3) is 7.08. The van der Waals surface area contributed by atoms with E-state index in [1.807, 2.05) is 0 Å². The molecule has 2 aliphatic heterocycles. The third-order valence-electron chi connectivity index (χ3n) is 6.00. The molecule has 0 saturated carbocycles. The van der Waals surface area contributed by atoms with Crippen molar-refractivity contribution >= 4 is 17.8 Å². The molecule has 2 atom stereocenters. The fourth-order valence-corrected chi connectivity index (χ4v) is 3.87. The molecule has 1 saturated heterocycles. The number of fused-ring (bicyclic) bond motifs is 1. The Labute approximate surface area is 206 Å². The minimum Gasteiger partial charge on any atom is -0.475 e. The Morgan fingerprint density at radius 3 is 2.24 bits per heavy atom. The summed E-state index contributed by atoms with van der Waals surface area (Å²) in [6, 6.07) is 0.601. The average Bonchev–Trinajstić information content (AvgIpc) is 3.43. The average molecular weight is 541 g/mol. The van der Waals surface area contributed by atoms with Crippen molar-refractivity contribution in [3.05, 3.63) is 11.6 Å². The monoisotopic (exact) mass is 541 g/mol. The molecule has 2 amide bonds. The van der Waals surface area contributed by atoms with Crippen LogP contribution in [0.1, 0.15) is 44.8 Å². The number of carbonyl (C=O) groups is 3. The van der Waals surface area contributed by atoms with Crippen molar-refractivity contribution in [1.29, 1.82) is 5.26 Å².